The second-order valence-electron chi connectivity index (χ2n) is 9.46. The molecule has 0 saturated carbocycles. The lowest BCUT2D eigenvalue weighted by Crippen LogP contribution is -2.47. The smallest absolute Gasteiger partial charge is 0.410 e. The van der Waals surface area contributed by atoms with Gasteiger partial charge in [0.2, 0.25) is 5.91 Å². The first-order valence-electron chi connectivity index (χ1n) is 12.0. The highest BCUT2D eigenvalue weighted by Gasteiger charge is 2.21. The van der Waals surface area contributed by atoms with Gasteiger partial charge in [0.25, 0.3) is 0 Å². The van der Waals surface area contributed by atoms with Gasteiger partial charge in [-0.25, -0.2) is 4.79 Å². The highest BCUT2D eigenvalue weighted by atomic mass is 16.6. The highest BCUT2D eigenvalue weighted by Crippen LogP contribution is 2.09. The fourth-order valence-electron chi connectivity index (χ4n) is 3.59. The molecule has 0 radical (unpaired) electrons. The molecule has 9 heteroatoms. The van der Waals surface area contributed by atoms with E-state index in [1.54, 1.807) is 16.7 Å². The molecular weight excluding hydrogens is 436 g/mol. The van der Waals surface area contributed by atoms with Crippen LogP contribution in [0.2, 0.25) is 0 Å². The Labute approximate surface area is 203 Å². The Morgan fingerprint density at radius 1 is 0.912 bits per heavy atom. The number of benzene rings is 1. The molecule has 0 aliphatic carbocycles. The minimum atomic E-state index is -0.531. The number of rotatable bonds is 5. The molecule has 1 heterocycles. The summed E-state index contributed by atoms with van der Waals surface area (Å²) in [5, 5.41) is 3.30. The van der Waals surface area contributed by atoms with Crippen molar-refractivity contribution < 1.29 is 23.9 Å². The fourth-order valence-corrected chi connectivity index (χ4v) is 3.59. The van der Waals surface area contributed by atoms with Crippen molar-refractivity contribution in [2.75, 3.05) is 58.9 Å². The molecule has 0 bridgehead atoms. The third-order valence-electron chi connectivity index (χ3n) is 5.45. The SMILES string of the molecule is CC(=O)N1CCNCCN(C(=O)OCc2ccccc2)CCN(CCC(=O)OC(C)(C)C)CC1. The van der Waals surface area contributed by atoms with Crippen molar-refractivity contribution in [2.45, 2.75) is 46.3 Å². The first-order valence-corrected chi connectivity index (χ1v) is 12.0. The zero-order valence-corrected chi connectivity index (χ0v) is 21.0. The van der Waals surface area contributed by atoms with Crippen LogP contribution in [0.25, 0.3) is 0 Å². The second-order valence-corrected chi connectivity index (χ2v) is 9.46. The zero-order valence-electron chi connectivity index (χ0n) is 21.0. The van der Waals surface area contributed by atoms with Gasteiger partial charge in [-0.15, -0.1) is 0 Å². The Bertz CT molecular complexity index is 781. The van der Waals surface area contributed by atoms with E-state index in [9.17, 15) is 14.4 Å². The van der Waals surface area contributed by atoms with E-state index < -0.39 is 5.60 Å². The number of carbonyl (C=O) groups is 3. The van der Waals surface area contributed by atoms with Gasteiger partial charge in [-0.05, 0) is 26.3 Å². The number of nitrogens with one attached hydrogen (secondary N) is 1. The second kappa shape index (κ2) is 13.9. The summed E-state index contributed by atoms with van der Waals surface area (Å²) in [6.07, 6.45) is -0.114. The van der Waals surface area contributed by atoms with E-state index in [2.05, 4.69) is 10.2 Å². The lowest BCUT2D eigenvalue weighted by molar-refractivity contribution is -0.155. The summed E-state index contributed by atoms with van der Waals surface area (Å²) in [5.41, 5.74) is 0.406. The first-order chi connectivity index (χ1) is 16.1. The Morgan fingerprint density at radius 3 is 2.15 bits per heavy atom. The molecule has 0 aromatic heterocycles. The molecule has 34 heavy (non-hydrogen) atoms. The summed E-state index contributed by atoms with van der Waals surface area (Å²) in [7, 11) is 0. The third kappa shape index (κ3) is 11.0. The lowest BCUT2D eigenvalue weighted by Gasteiger charge is -2.31. The standard InChI is InChI=1S/C25H40N4O5/c1-21(30)28-14-11-26-12-15-29(24(32)33-20-22-8-6-5-7-9-22)19-17-27(16-18-28)13-10-23(31)34-25(2,3)4/h5-9,26H,10-20H2,1-4H3. The van der Waals surface area contributed by atoms with Crippen LogP contribution in [0.5, 0.6) is 0 Å². The molecule has 1 N–H and O–H groups in total. The molecule has 1 fully saturated rings. The van der Waals surface area contributed by atoms with Crippen LogP contribution >= 0.6 is 0 Å². The van der Waals surface area contributed by atoms with E-state index >= 15 is 0 Å². The quantitative estimate of drug-likeness (QED) is 0.651. The Morgan fingerprint density at radius 2 is 1.53 bits per heavy atom. The van der Waals surface area contributed by atoms with Gasteiger partial charge >= 0.3 is 12.1 Å². The molecule has 9 nitrogen and oxygen atoms in total. The molecule has 2 rings (SSSR count). The van der Waals surface area contributed by atoms with Crippen molar-refractivity contribution in [3.8, 4) is 0 Å². The van der Waals surface area contributed by atoms with Crippen LogP contribution in [0, 0.1) is 0 Å². The van der Waals surface area contributed by atoms with Crippen LogP contribution in [0.3, 0.4) is 0 Å². The molecule has 1 aliphatic rings. The maximum Gasteiger partial charge on any atom is 0.410 e. The van der Waals surface area contributed by atoms with Crippen LogP contribution in [-0.4, -0.2) is 97.2 Å². The maximum atomic E-state index is 12.8. The van der Waals surface area contributed by atoms with Gasteiger partial charge in [0.05, 0.1) is 6.42 Å². The number of amides is 2. The van der Waals surface area contributed by atoms with Crippen molar-refractivity contribution >= 4 is 18.0 Å². The van der Waals surface area contributed by atoms with E-state index in [1.165, 1.54) is 0 Å². The number of esters is 1. The van der Waals surface area contributed by atoms with E-state index in [4.69, 9.17) is 9.47 Å². The van der Waals surface area contributed by atoms with E-state index in [0.717, 1.165) is 5.56 Å². The van der Waals surface area contributed by atoms with Crippen LogP contribution in [-0.2, 0) is 25.7 Å². The third-order valence-corrected chi connectivity index (χ3v) is 5.45. The van der Waals surface area contributed by atoms with E-state index in [0.29, 0.717) is 58.9 Å². The Balaban J connectivity index is 1.99. The van der Waals surface area contributed by atoms with Crippen LogP contribution < -0.4 is 5.32 Å². The van der Waals surface area contributed by atoms with Gasteiger partial charge < -0.3 is 24.6 Å². The molecular formula is C25H40N4O5. The van der Waals surface area contributed by atoms with Gasteiger partial charge in [-0.3, -0.25) is 14.5 Å². The molecule has 1 aromatic carbocycles. The van der Waals surface area contributed by atoms with Gasteiger partial charge in [0, 0.05) is 65.8 Å². The maximum absolute atomic E-state index is 12.8. The fraction of sp³-hybridized carbons (Fsp3) is 0.640. The van der Waals surface area contributed by atoms with Gasteiger partial charge in [-0.2, -0.15) is 0 Å². The average molecular weight is 477 g/mol. The van der Waals surface area contributed by atoms with Crippen molar-refractivity contribution in [1.29, 1.82) is 0 Å². The van der Waals surface area contributed by atoms with Crippen molar-refractivity contribution in [3.63, 3.8) is 0 Å². The molecule has 0 spiro atoms. The lowest BCUT2D eigenvalue weighted by atomic mass is 10.2. The highest BCUT2D eigenvalue weighted by molar-refractivity contribution is 5.73. The number of ether oxygens (including phenoxy) is 2. The molecule has 1 aromatic rings. The number of hydrogen-bond acceptors (Lipinski definition) is 7. The summed E-state index contributed by atoms with van der Waals surface area (Å²) in [6, 6.07) is 9.59. The van der Waals surface area contributed by atoms with Gasteiger partial charge in [0.15, 0.2) is 0 Å². The summed E-state index contributed by atoms with van der Waals surface area (Å²) in [4.78, 5) is 42.6. The normalized spacial score (nSPS) is 16.8. The number of hydrogen-bond donors (Lipinski definition) is 1. The van der Waals surface area contributed by atoms with Crippen LogP contribution in [0.4, 0.5) is 4.79 Å². The summed E-state index contributed by atoms with van der Waals surface area (Å²) in [5.74, 6) is -0.234. The minimum Gasteiger partial charge on any atom is -0.460 e. The van der Waals surface area contributed by atoms with Gasteiger partial charge in [-0.1, -0.05) is 30.3 Å². The zero-order chi connectivity index (χ0) is 25.0. The molecule has 190 valence electrons. The topological polar surface area (TPSA) is 91.4 Å². The Hall–Kier alpha value is -2.65. The van der Waals surface area contributed by atoms with E-state index in [-0.39, 0.29) is 31.0 Å². The average Bonchev–Trinajstić information content (AvgIpc) is 2.76. The van der Waals surface area contributed by atoms with Gasteiger partial charge in [0.1, 0.15) is 12.2 Å². The van der Waals surface area contributed by atoms with Crippen molar-refractivity contribution in [2.24, 2.45) is 0 Å². The largest absolute Gasteiger partial charge is 0.460 e. The van der Waals surface area contributed by atoms with Crippen LogP contribution in [0.15, 0.2) is 30.3 Å². The summed E-state index contributed by atoms with van der Waals surface area (Å²) >= 11 is 0. The van der Waals surface area contributed by atoms with Crippen molar-refractivity contribution in [3.05, 3.63) is 35.9 Å². The molecule has 0 atom stereocenters. The predicted molar refractivity (Wildman–Crippen MR) is 130 cm³/mol. The molecule has 1 aliphatic heterocycles. The minimum absolute atomic E-state index is 0.0251. The summed E-state index contributed by atoms with van der Waals surface area (Å²) < 4.78 is 11.0. The summed E-state index contributed by atoms with van der Waals surface area (Å²) in [6.45, 7) is 12.3. The first kappa shape index (κ1) is 27.6. The molecule has 2 amide bonds. The van der Waals surface area contributed by atoms with Crippen LogP contribution in [0.1, 0.15) is 39.7 Å². The molecule has 1 saturated heterocycles. The van der Waals surface area contributed by atoms with E-state index in [1.807, 2.05) is 51.1 Å². The monoisotopic (exact) mass is 476 g/mol. The number of carbonyl (C=O) groups excluding carboxylic acids is 3. The molecule has 0 unspecified atom stereocenters. The number of nitrogens with zero attached hydrogens (tertiary/aromatic N) is 3. The Kier molecular flexibility index (Phi) is 11.3. The predicted octanol–water partition coefficient (Wildman–Crippen LogP) is 2.11. The van der Waals surface area contributed by atoms with Crippen molar-refractivity contribution in [1.82, 2.24) is 20.0 Å².